The van der Waals surface area contributed by atoms with Gasteiger partial charge in [-0.05, 0) is 36.4 Å². The number of carbonyl (C=O) groups excluding carboxylic acids is 1. The van der Waals surface area contributed by atoms with E-state index in [1.807, 2.05) is 37.4 Å². The molecule has 2 aromatic rings. The number of hydrogen-bond donors (Lipinski definition) is 1. The third-order valence-corrected chi connectivity index (χ3v) is 2.36. The molecule has 0 aliphatic heterocycles. The minimum atomic E-state index is -0.348. The third kappa shape index (κ3) is 2.84. The molecule has 0 saturated carbocycles. The zero-order valence-corrected chi connectivity index (χ0v) is 9.51. The number of rotatable bonds is 3. The molecular formula is C14H13NO2. The lowest BCUT2D eigenvalue weighted by atomic mass is 10.2. The molecule has 0 aliphatic rings. The van der Waals surface area contributed by atoms with Crippen LogP contribution < -0.4 is 10.1 Å². The predicted molar refractivity (Wildman–Crippen MR) is 67.4 cm³/mol. The molecule has 0 heterocycles. The molecule has 17 heavy (non-hydrogen) atoms. The van der Waals surface area contributed by atoms with Crippen LogP contribution in [0, 0.1) is 0 Å². The van der Waals surface area contributed by atoms with Gasteiger partial charge in [0.25, 0.3) is 0 Å². The molecule has 0 aliphatic carbocycles. The van der Waals surface area contributed by atoms with E-state index in [1.165, 1.54) is 0 Å². The van der Waals surface area contributed by atoms with Crippen molar-refractivity contribution >= 4 is 11.7 Å². The molecule has 2 aromatic carbocycles. The van der Waals surface area contributed by atoms with Crippen molar-refractivity contribution in [2.75, 3.05) is 12.4 Å². The maximum Gasteiger partial charge on any atom is 0.343 e. The van der Waals surface area contributed by atoms with Crippen LogP contribution in [0.5, 0.6) is 5.75 Å². The SMILES string of the molecule is CNc1ccc(C(=O)Oc2ccccc2)cc1. The number of anilines is 1. The van der Waals surface area contributed by atoms with E-state index in [9.17, 15) is 4.79 Å². The average molecular weight is 227 g/mol. The Hall–Kier alpha value is -2.29. The van der Waals surface area contributed by atoms with Crippen LogP contribution in [0.4, 0.5) is 5.69 Å². The Morgan fingerprint density at radius 3 is 2.24 bits per heavy atom. The molecule has 2 rings (SSSR count). The number of nitrogens with one attached hydrogen (secondary N) is 1. The smallest absolute Gasteiger partial charge is 0.343 e. The van der Waals surface area contributed by atoms with Crippen LogP contribution in [-0.2, 0) is 0 Å². The molecule has 0 saturated heterocycles. The van der Waals surface area contributed by atoms with Crippen LogP contribution in [0.1, 0.15) is 10.4 Å². The summed E-state index contributed by atoms with van der Waals surface area (Å²) in [7, 11) is 1.83. The van der Waals surface area contributed by atoms with Gasteiger partial charge in [0.05, 0.1) is 5.56 Å². The van der Waals surface area contributed by atoms with Crippen LogP contribution in [0.15, 0.2) is 54.6 Å². The number of ether oxygens (including phenoxy) is 1. The highest BCUT2D eigenvalue weighted by Crippen LogP contribution is 2.13. The Morgan fingerprint density at radius 1 is 1.00 bits per heavy atom. The van der Waals surface area contributed by atoms with E-state index in [2.05, 4.69) is 5.32 Å². The van der Waals surface area contributed by atoms with Gasteiger partial charge in [0.2, 0.25) is 0 Å². The fourth-order valence-electron chi connectivity index (χ4n) is 1.43. The van der Waals surface area contributed by atoms with Crippen LogP contribution in [-0.4, -0.2) is 13.0 Å². The first kappa shape index (κ1) is 11.2. The lowest BCUT2D eigenvalue weighted by Gasteiger charge is -2.05. The van der Waals surface area contributed by atoms with E-state index in [4.69, 9.17) is 4.74 Å². The van der Waals surface area contributed by atoms with Gasteiger partial charge in [0, 0.05) is 12.7 Å². The molecule has 0 unspecified atom stereocenters. The van der Waals surface area contributed by atoms with Gasteiger partial charge in [-0.3, -0.25) is 0 Å². The second-order valence-corrected chi connectivity index (χ2v) is 3.53. The zero-order chi connectivity index (χ0) is 12.1. The topological polar surface area (TPSA) is 38.3 Å². The van der Waals surface area contributed by atoms with E-state index in [0.29, 0.717) is 11.3 Å². The maximum absolute atomic E-state index is 11.8. The molecule has 0 atom stereocenters. The normalized spacial score (nSPS) is 9.71. The number of carbonyl (C=O) groups is 1. The molecule has 86 valence electrons. The highest BCUT2D eigenvalue weighted by Gasteiger charge is 2.07. The molecule has 3 heteroatoms. The van der Waals surface area contributed by atoms with E-state index in [0.717, 1.165) is 5.69 Å². The maximum atomic E-state index is 11.8. The third-order valence-electron chi connectivity index (χ3n) is 2.36. The Balaban J connectivity index is 2.09. The summed E-state index contributed by atoms with van der Waals surface area (Å²) in [6, 6.07) is 16.2. The Morgan fingerprint density at radius 2 is 1.65 bits per heavy atom. The van der Waals surface area contributed by atoms with Crippen molar-refractivity contribution in [1.29, 1.82) is 0 Å². The van der Waals surface area contributed by atoms with Gasteiger partial charge in [-0.15, -0.1) is 0 Å². The minimum absolute atomic E-state index is 0.348. The van der Waals surface area contributed by atoms with Crippen LogP contribution in [0.25, 0.3) is 0 Å². The number of hydrogen-bond acceptors (Lipinski definition) is 3. The van der Waals surface area contributed by atoms with Crippen molar-refractivity contribution < 1.29 is 9.53 Å². The lowest BCUT2D eigenvalue weighted by Crippen LogP contribution is -2.08. The summed E-state index contributed by atoms with van der Waals surface area (Å²) in [5.41, 5.74) is 1.49. The monoisotopic (exact) mass is 227 g/mol. The Kier molecular flexibility index (Phi) is 3.40. The van der Waals surface area contributed by atoms with Crippen LogP contribution in [0.3, 0.4) is 0 Å². The van der Waals surface area contributed by atoms with Crippen molar-refractivity contribution in [2.45, 2.75) is 0 Å². The standard InChI is InChI=1S/C14H13NO2/c1-15-12-9-7-11(8-10-12)14(16)17-13-5-3-2-4-6-13/h2-10,15H,1H3. The molecule has 0 bridgehead atoms. The van der Waals surface area contributed by atoms with E-state index in [-0.39, 0.29) is 5.97 Å². The van der Waals surface area contributed by atoms with Gasteiger partial charge in [-0.2, -0.15) is 0 Å². The van der Waals surface area contributed by atoms with Gasteiger partial charge >= 0.3 is 5.97 Å². The highest BCUT2D eigenvalue weighted by atomic mass is 16.5. The number of para-hydroxylation sites is 1. The van der Waals surface area contributed by atoms with Gasteiger partial charge in [-0.1, -0.05) is 18.2 Å². The minimum Gasteiger partial charge on any atom is -0.423 e. The molecule has 1 N–H and O–H groups in total. The van der Waals surface area contributed by atoms with E-state index < -0.39 is 0 Å². The molecule has 0 aromatic heterocycles. The van der Waals surface area contributed by atoms with Gasteiger partial charge in [0.1, 0.15) is 5.75 Å². The Labute approximate surface area is 100 Å². The van der Waals surface area contributed by atoms with Crippen molar-refractivity contribution in [1.82, 2.24) is 0 Å². The zero-order valence-electron chi connectivity index (χ0n) is 9.51. The summed E-state index contributed by atoms with van der Waals surface area (Å²) in [4.78, 5) is 11.8. The van der Waals surface area contributed by atoms with Crippen molar-refractivity contribution in [2.24, 2.45) is 0 Å². The number of benzene rings is 2. The molecular weight excluding hydrogens is 214 g/mol. The predicted octanol–water partition coefficient (Wildman–Crippen LogP) is 2.95. The lowest BCUT2D eigenvalue weighted by molar-refractivity contribution is 0.0735. The average Bonchev–Trinajstić information content (AvgIpc) is 2.40. The van der Waals surface area contributed by atoms with Crippen LogP contribution in [0.2, 0.25) is 0 Å². The fraction of sp³-hybridized carbons (Fsp3) is 0.0714. The van der Waals surface area contributed by atoms with Crippen molar-refractivity contribution in [3.8, 4) is 5.75 Å². The van der Waals surface area contributed by atoms with Crippen LogP contribution >= 0.6 is 0 Å². The summed E-state index contributed by atoms with van der Waals surface area (Å²) in [5, 5.41) is 2.99. The second-order valence-electron chi connectivity index (χ2n) is 3.53. The summed E-state index contributed by atoms with van der Waals surface area (Å²) >= 11 is 0. The van der Waals surface area contributed by atoms with Gasteiger partial charge in [-0.25, -0.2) is 4.79 Å². The first-order valence-corrected chi connectivity index (χ1v) is 5.34. The quantitative estimate of drug-likeness (QED) is 0.647. The first-order chi connectivity index (χ1) is 8.29. The van der Waals surface area contributed by atoms with Crippen molar-refractivity contribution in [3.05, 3.63) is 60.2 Å². The van der Waals surface area contributed by atoms with Gasteiger partial charge < -0.3 is 10.1 Å². The Bertz CT molecular complexity index is 491. The second kappa shape index (κ2) is 5.16. The molecule has 0 amide bonds. The summed E-state index contributed by atoms with van der Waals surface area (Å²) in [5.74, 6) is 0.203. The summed E-state index contributed by atoms with van der Waals surface area (Å²) in [6.07, 6.45) is 0. The largest absolute Gasteiger partial charge is 0.423 e. The molecule has 3 nitrogen and oxygen atoms in total. The fourth-order valence-corrected chi connectivity index (χ4v) is 1.43. The molecule has 0 spiro atoms. The van der Waals surface area contributed by atoms with E-state index in [1.54, 1.807) is 24.3 Å². The molecule has 0 fully saturated rings. The highest BCUT2D eigenvalue weighted by molar-refractivity contribution is 5.91. The number of esters is 1. The summed E-state index contributed by atoms with van der Waals surface area (Å²) < 4.78 is 5.21. The van der Waals surface area contributed by atoms with Crippen molar-refractivity contribution in [3.63, 3.8) is 0 Å². The van der Waals surface area contributed by atoms with Gasteiger partial charge in [0.15, 0.2) is 0 Å². The van der Waals surface area contributed by atoms with E-state index >= 15 is 0 Å². The molecule has 0 radical (unpaired) electrons. The summed E-state index contributed by atoms with van der Waals surface area (Å²) in [6.45, 7) is 0. The first-order valence-electron chi connectivity index (χ1n) is 5.34.